The maximum absolute atomic E-state index is 15.1. The normalized spacial score (nSPS) is 15.3. The first-order valence-corrected chi connectivity index (χ1v) is 9.22. The Morgan fingerprint density at radius 1 is 1.48 bits per heavy atom. The molecule has 2 aromatic heterocycles. The molecule has 9 nitrogen and oxygen atoms in total. The van der Waals surface area contributed by atoms with Gasteiger partial charge in [0.25, 0.3) is 5.91 Å². The molecule has 3 heterocycles. The molecule has 1 aliphatic rings. The van der Waals surface area contributed by atoms with Crippen molar-refractivity contribution in [2.75, 3.05) is 24.2 Å². The monoisotopic (exact) mass is 400 g/mol. The molecule has 0 fully saturated rings. The lowest BCUT2D eigenvalue weighted by Crippen LogP contribution is -2.30. The number of nitrogens with zero attached hydrogens (tertiary/aromatic N) is 3. The molecule has 0 saturated carbocycles. The Bertz CT molecular complexity index is 1160. The van der Waals surface area contributed by atoms with Gasteiger partial charge in [0.1, 0.15) is 17.9 Å². The fourth-order valence-electron chi connectivity index (χ4n) is 3.58. The Balaban J connectivity index is 1.79. The number of hydrogen-bond acceptors (Lipinski definition) is 6. The Morgan fingerprint density at radius 2 is 2.28 bits per heavy atom. The molecule has 0 aliphatic carbocycles. The number of halogens is 1. The zero-order valence-electron chi connectivity index (χ0n) is 15.8. The molecule has 152 valence electrons. The molecule has 3 aromatic rings. The van der Waals surface area contributed by atoms with Gasteiger partial charge in [-0.25, -0.2) is 9.37 Å². The minimum Gasteiger partial charge on any atom is -0.487 e. The van der Waals surface area contributed by atoms with Crippen LogP contribution in [0.4, 0.5) is 15.8 Å². The van der Waals surface area contributed by atoms with Crippen molar-refractivity contribution in [3.8, 4) is 5.75 Å². The van der Waals surface area contributed by atoms with E-state index in [1.165, 1.54) is 6.20 Å². The minimum absolute atomic E-state index is 0.0932. The molecule has 4 rings (SSSR count). The molecule has 0 bridgehead atoms. The Morgan fingerprint density at radius 3 is 2.97 bits per heavy atom. The molecule has 0 radical (unpaired) electrons. The van der Waals surface area contributed by atoms with Crippen LogP contribution in [0.5, 0.6) is 5.75 Å². The van der Waals surface area contributed by atoms with Crippen molar-refractivity contribution in [3.63, 3.8) is 0 Å². The van der Waals surface area contributed by atoms with Crippen LogP contribution in [0.3, 0.4) is 0 Å². The highest BCUT2D eigenvalue weighted by Crippen LogP contribution is 2.43. The first-order valence-electron chi connectivity index (χ1n) is 9.22. The molecule has 1 atom stereocenters. The van der Waals surface area contributed by atoms with Gasteiger partial charge in [0.2, 0.25) is 5.43 Å². The molecular weight excluding hydrogens is 379 g/mol. The lowest BCUT2D eigenvalue weighted by atomic mass is 10.0. The number of aryl methyl sites for hydroxylation is 1. The molecule has 0 unspecified atom stereocenters. The lowest BCUT2D eigenvalue weighted by Gasteiger charge is -2.29. The van der Waals surface area contributed by atoms with Crippen molar-refractivity contribution in [1.29, 1.82) is 0 Å². The maximum Gasteiger partial charge on any atom is 0.254 e. The summed E-state index contributed by atoms with van der Waals surface area (Å²) in [6.45, 7) is 3.26. The summed E-state index contributed by atoms with van der Waals surface area (Å²) in [6.07, 6.45) is 7.34. The number of aromatic nitrogens is 3. The highest BCUT2D eigenvalue weighted by Gasteiger charge is 2.30. The summed E-state index contributed by atoms with van der Waals surface area (Å²) in [5.74, 6) is -1.46. The van der Waals surface area contributed by atoms with Gasteiger partial charge in [-0.2, -0.15) is 0 Å². The fraction of sp³-hybridized carbons (Fsp3) is 0.316. The molecule has 1 aromatic carbocycles. The second kappa shape index (κ2) is 7.12. The molecule has 29 heavy (non-hydrogen) atoms. The van der Waals surface area contributed by atoms with Crippen LogP contribution in [0.1, 0.15) is 29.7 Å². The highest BCUT2D eigenvalue weighted by atomic mass is 19.1. The highest BCUT2D eigenvalue weighted by molar-refractivity contribution is 6.04. The van der Waals surface area contributed by atoms with Crippen molar-refractivity contribution in [2.24, 2.45) is 5.73 Å². The quantitative estimate of drug-likeness (QED) is 0.424. The van der Waals surface area contributed by atoms with Gasteiger partial charge < -0.3 is 30.7 Å². The van der Waals surface area contributed by atoms with Gasteiger partial charge in [0.15, 0.2) is 11.6 Å². The molecule has 5 N–H and O–H groups in total. The maximum atomic E-state index is 15.1. The fourth-order valence-corrected chi connectivity index (χ4v) is 3.58. The number of rotatable bonds is 6. The topological polar surface area (TPSA) is 130 Å². The van der Waals surface area contributed by atoms with E-state index >= 15 is 4.39 Å². The van der Waals surface area contributed by atoms with Crippen LogP contribution in [-0.2, 0) is 6.54 Å². The number of nitrogens with one attached hydrogen (secondary N) is 1. The predicted octanol–water partition coefficient (Wildman–Crippen LogP) is 1.47. The van der Waals surface area contributed by atoms with Gasteiger partial charge in [-0.1, -0.05) is 0 Å². The number of primary amides is 1. The number of benzene rings is 1. The number of imidazole rings is 1. The zero-order valence-corrected chi connectivity index (χ0v) is 15.8. The van der Waals surface area contributed by atoms with E-state index in [1.807, 2.05) is 17.7 Å². The van der Waals surface area contributed by atoms with Crippen LogP contribution in [0, 0.1) is 5.82 Å². The molecule has 10 heteroatoms. The summed E-state index contributed by atoms with van der Waals surface area (Å²) in [6, 6.07) is -0.192. The molecular formula is C19H21FN6O3. The van der Waals surface area contributed by atoms with Crippen molar-refractivity contribution in [2.45, 2.75) is 25.9 Å². The standard InChI is InChI=1S/C19H21FN6O3/c1-10-8-29-18-15(24-3-2-5-25-6-4-23-9-25)13(20)14(21)12-16(18)26(10)7-11(17(12)27)19(22)28/h4,6-7,9-10,24H,2-3,5,8,21H2,1H3,(H2,22,28)/t10-/m0/s1. The first kappa shape index (κ1) is 18.8. The number of amides is 1. The average molecular weight is 400 g/mol. The minimum atomic E-state index is -0.887. The number of ether oxygens (including phenoxy) is 1. The Hall–Kier alpha value is -3.56. The number of pyridine rings is 1. The number of hydrogen-bond donors (Lipinski definition) is 3. The smallest absolute Gasteiger partial charge is 0.254 e. The van der Waals surface area contributed by atoms with Gasteiger partial charge >= 0.3 is 0 Å². The molecule has 1 aliphatic heterocycles. The van der Waals surface area contributed by atoms with E-state index in [0.717, 1.165) is 0 Å². The number of anilines is 2. The van der Waals surface area contributed by atoms with E-state index in [9.17, 15) is 9.59 Å². The summed E-state index contributed by atoms with van der Waals surface area (Å²) in [5.41, 5.74) is 10.5. The Kier molecular flexibility index (Phi) is 4.61. The lowest BCUT2D eigenvalue weighted by molar-refractivity contribution is 0.0998. The molecule has 0 spiro atoms. The van der Waals surface area contributed by atoms with Gasteiger partial charge in [0.05, 0.1) is 29.0 Å². The SMILES string of the molecule is C[C@H]1COc2c(NCCCn3ccnc3)c(F)c(N)c3c(=O)c(C(N)=O)cn1c23. The summed E-state index contributed by atoms with van der Waals surface area (Å²) in [4.78, 5) is 28.4. The van der Waals surface area contributed by atoms with Crippen LogP contribution in [0.25, 0.3) is 10.9 Å². The van der Waals surface area contributed by atoms with Crippen molar-refractivity contribution < 1.29 is 13.9 Å². The third-order valence-electron chi connectivity index (χ3n) is 5.07. The molecule has 1 amide bonds. The summed E-state index contributed by atoms with van der Waals surface area (Å²) >= 11 is 0. The van der Waals surface area contributed by atoms with E-state index in [1.54, 1.807) is 17.1 Å². The number of nitrogens with two attached hydrogens (primary N) is 2. The number of nitrogen functional groups attached to an aromatic ring is 1. The summed E-state index contributed by atoms with van der Waals surface area (Å²) < 4.78 is 24.5. The van der Waals surface area contributed by atoms with Crippen LogP contribution < -0.4 is 26.9 Å². The van der Waals surface area contributed by atoms with E-state index in [2.05, 4.69) is 10.3 Å². The predicted molar refractivity (Wildman–Crippen MR) is 107 cm³/mol. The summed E-state index contributed by atoms with van der Waals surface area (Å²) in [5, 5.41) is 2.95. The third kappa shape index (κ3) is 3.06. The van der Waals surface area contributed by atoms with Crippen LogP contribution >= 0.6 is 0 Å². The van der Waals surface area contributed by atoms with Gasteiger partial charge in [-0.05, 0) is 13.3 Å². The third-order valence-corrected chi connectivity index (χ3v) is 5.07. The van der Waals surface area contributed by atoms with E-state index in [0.29, 0.717) is 25.0 Å². The van der Waals surface area contributed by atoms with Crippen LogP contribution in [-0.4, -0.2) is 33.2 Å². The summed E-state index contributed by atoms with van der Waals surface area (Å²) in [7, 11) is 0. The van der Waals surface area contributed by atoms with E-state index in [4.69, 9.17) is 16.2 Å². The first-order chi connectivity index (χ1) is 13.9. The van der Waals surface area contributed by atoms with Gasteiger partial charge in [-0.3, -0.25) is 9.59 Å². The van der Waals surface area contributed by atoms with Crippen LogP contribution in [0.15, 0.2) is 29.7 Å². The van der Waals surface area contributed by atoms with Crippen LogP contribution in [0.2, 0.25) is 0 Å². The van der Waals surface area contributed by atoms with Gasteiger partial charge in [-0.15, -0.1) is 0 Å². The van der Waals surface area contributed by atoms with E-state index in [-0.39, 0.29) is 40.7 Å². The van der Waals surface area contributed by atoms with Crippen molar-refractivity contribution in [3.05, 3.63) is 46.5 Å². The Labute approximate surface area is 165 Å². The van der Waals surface area contributed by atoms with Gasteiger partial charge in [0, 0.05) is 31.7 Å². The largest absolute Gasteiger partial charge is 0.487 e. The number of carbonyl (C=O) groups excluding carboxylic acids is 1. The second-order valence-corrected chi connectivity index (χ2v) is 7.04. The second-order valence-electron chi connectivity index (χ2n) is 7.04. The van der Waals surface area contributed by atoms with E-state index < -0.39 is 17.2 Å². The molecule has 0 saturated heterocycles. The average Bonchev–Trinajstić information content (AvgIpc) is 3.20. The zero-order chi connectivity index (χ0) is 20.7. The van der Waals surface area contributed by atoms with Crippen molar-refractivity contribution in [1.82, 2.24) is 14.1 Å². The van der Waals surface area contributed by atoms with Crippen molar-refractivity contribution >= 4 is 28.2 Å². The number of carbonyl (C=O) groups is 1.